The maximum atomic E-state index is 14.4. The zero-order valence-corrected chi connectivity index (χ0v) is 9.12. The Hall–Kier alpha value is -0.900. The van der Waals surface area contributed by atoms with E-state index in [1.165, 1.54) is 0 Å². The third-order valence-electron chi connectivity index (χ3n) is 3.09. The van der Waals surface area contributed by atoms with Crippen molar-refractivity contribution in [3.8, 4) is 0 Å². The highest BCUT2D eigenvalue weighted by atomic mass is 19.1. The Morgan fingerprint density at radius 2 is 2.53 bits per heavy atom. The van der Waals surface area contributed by atoms with Gasteiger partial charge >= 0.3 is 0 Å². The zero-order valence-electron chi connectivity index (χ0n) is 9.12. The van der Waals surface area contributed by atoms with Crippen molar-refractivity contribution in [3.05, 3.63) is 18.0 Å². The van der Waals surface area contributed by atoms with Gasteiger partial charge in [0.05, 0.1) is 5.69 Å². The molecule has 1 saturated carbocycles. The van der Waals surface area contributed by atoms with E-state index in [4.69, 9.17) is 5.73 Å². The van der Waals surface area contributed by atoms with Crippen LogP contribution < -0.4 is 5.73 Å². The second-order valence-electron chi connectivity index (χ2n) is 4.66. The van der Waals surface area contributed by atoms with Gasteiger partial charge in [0, 0.05) is 25.7 Å². The molecule has 0 spiro atoms. The standard InChI is InChI=1S/C11H18FN3/c1-15-6-4-10(14-15)8-11(12)5-2-3-9(13)7-11/h4,6,9H,2-3,5,7-8,13H2,1H3. The van der Waals surface area contributed by atoms with Gasteiger partial charge in [-0.15, -0.1) is 0 Å². The molecule has 0 aliphatic heterocycles. The number of aromatic nitrogens is 2. The van der Waals surface area contributed by atoms with Crippen LogP contribution in [0.25, 0.3) is 0 Å². The first kappa shape index (κ1) is 10.6. The molecule has 2 rings (SSSR count). The lowest BCUT2D eigenvalue weighted by Gasteiger charge is -2.32. The second-order valence-corrected chi connectivity index (χ2v) is 4.66. The molecule has 1 aromatic heterocycles. The fourth-order valence-electron chi connectivity index (χ4n) is 2.40. The number of alkyl halides is 1. The Morgan fingerprint density at radius 3 is 3.13 bits per heavy atom. The molecular formula is C11H18FN3. The summed E-state index contributed by atoms with van der Waals surface area (Å²) in [6.45, 7) is 0. The number of aryl methyl sites for hydroxylation is 1. The Morgan fingerprint density at radius 1 is 1.73 bits per heavy atom. The molecule has 0 radical (unpaired) electrons. The third kappa shape index (κ3) is 2.56. The van der Waals surface area contributed by atoms with Crippen LogP contribution in [0, 0.1) is 0 Å². The molecule has 4 heteroatoms. The smallest absolute Gasteiger partial charge is 0.118 e. The fraction of sp³-hybridized carbons (Fsp3) is 0.727. The van der Waals surface area contributed by atoms with Gasteiger partial charge in [-0.3, -0.25) is 4.68 Å². The average Bonchev–Trinajstić information content (AvgIpc) is 2.49. The number of hydrogen-bond acceptors (Lipinski definition) is 2. The molecule has 0 bridgehead atoms. The number of nitrogens with two attached hydrogens (primary N) is 1. The first-order valence-corrected chi connectivity index (χ1v) is 5.50. The SMILES string of the molecule is Cn1ccc(CC2(F)CCCC(N)C2)n1. The molecule has 2 unspecified atom stereocenters. The molecule has 0 amide bonds. The summed E-state index contributed by atoms with van der Waals surface area (Å²) in [4.78, 5) is 0. The quantitative estimate of drug-likeness (QED) is 0.807. The van der Waals surface area contributed by atoms with E-state index in [-0.39, 0.29) is 6.04 Å². The molecule has 2 N–H and O–H groups in total. The van der Waals surface area contributed by atoms with Crippen molar-refractivity contribution in [1.29, 1.82) is 0 Å². The van der Waals surface area contributed by atoms with Crippen molar-refractivity contribution in [3.63, 3.8) is 0 Å². The van der Waals surface area contributed by atoms with Crippen LogP contribution in [0.4, 0.5) is 4.39 Å². The lowest BCUT2D eigenvalue weighted by Crippen LogP contribution is -2.39. The van der Waals surface area contributed by atoms with Crippen LogP contribution in [0.15, 0.2) is 12.3 Å². The summed E-state index contributed by atoms with van der Waals surface area (Å²) in [6, 6.07) is 1.90. The first-order valence-electron chi connectivity index (χ1n) is 5.50. The molecule has 2 atom stereocenters. The van der Waals surface area contributed by atoms with Crippen molar-refractivity contribution < 1.29 is 4.39 Å². The molecule has 3 nitrogen and oxygen atoms in total. The lowest BCUT2D eigenvalue weighted by atomic mass is 9.81. The number of halogens is 1. The summed E-state index contributed by atoms with van der Waals surface area (Å²) in [5.74, 6) is 0. The van der Waals surface area contributed by atoms with Crippen molar-refractivity contribution in [2.75, 3.05) is 0 Å². The largest absolute Gasteiger partial charge is 0.328 e. The molecule has 84 valence electrons. The van der Waals surface area contributed by atoms with Gasteiger partial charge in [-0.2, -0.15) is 5.10 Å². The van der Waals surface area contributed by atoms with Crippen LogP contribution in [0.3, 0.4) is 0 Å². The van der Waals surface area contributed by atoms with E-state index < -0.39 is 5.67 Å². The molecule has 1 aromatic rings. The zero-order chi connectivity index (χ0) is 10.9. The summed E-state index contributed by atoms with van der Waals surface area (Å²) in [7, 11) is 1.85. The molecular weight excluding hydrogens is 193 g/mol. The van der Waals surface area contributed by atoms with Crippen molar-refractivity contribution in [2.24, 2.45) is 12.8 Å². The molecule has 0 saturated heterocycles. The average molecular weight is 211 g/mol. The fourth-order valence-corrected chi connectivity index (χ4v) is 2.40. The minimum absolute atomic E-state index is 0.0208. The van der Waals surface area contributed by atoms with Crippen LogP contribution in [-0.4, -0.2) is 21.5 Å². The summed E-state index contributed by atoms with van der Waals surface area (Å²) in [5, 5.41) is 4.21. The second kappa shape index (κ2) is 3.93. The highest BCUT2D eigenvalue weighted by molar-refractivity contribution is 5.05. The number of nitrogens with zero attached hydrogens (tertiary/aromatic N) is 2. The Balaban J connectivity index is 2.03. The van der Waals surface area contributed by atoms with E-state index in [9.17, 15) is 4.39 Å². The molecule has 0 aromatic carbocycles. The first-order chi connectivity index (χ1) is 7.07. The van der Waals surface area contributed by atoms with Gasteiger partial charge in [0.15, 0.2) is 0 Å². The monoisotopic (exact) mass is 211 g/mol. The van der Waals surface area contributed by atoms with Gasteiger partial charge in [0.2, 0.25) is 0 Å². The van der Waals surface area contributed by atoms with E-state index in [1.54, 1.807) is 4.68 Å². The van der Waals surface area contributed by atoms with E-state index in [2.05, 4.69) is 5.10 Å². The predicted molar refractivity (Wildman–Crippen MR) is 57.2 cm³/mol. The highest BCUT2D eigenvalue weighted by Crippen LogP contribution is 2.33. The van der Waals surface area contributed by atoms with Crippen molar-refractivity contribution in [1.82, 2.24) is 9.78 Å². The summed E-state index contributed by atoms with van der Waals surface area (Å²) >= 11 is 0. The van der Waals surface area contributed by atoms with Gasteiger partial charge in [-0.25, -0.2) is 4.39 Å². The van der Waals surface area contributed by atoms with Crippen LogP contribution >= 0.6 is 0 Å². The number of hydrogen-bond donors (Lipinski definition) is 1. The van der Waals surface area contributed by atoms with Crippen molar-refractivity contribution >= 4 is 0 Å². The topological polar surface area (TPSA) is 43.8 Å². The molecule has 1 heterocycles. The Labute approximate surface area is 89.5 Å². The third-order valence-corrected chi connectivity index (χ3v) is 3.09. The van der Waals surface area contributed by atoms with E-state index in [0.717, 1.165) is 18.5 Å². The summed E-state index contributed by atoms with van der Waals surface area (Å²) in [6.07, 6.45) is 5.20. The predicted octanol–water partition coefficient (Wildman–Crippen LogP) is 1.57. The van der Waals surface area contributed by atoms with E-state index in [1.807, 2.05) is 19.3 Å². The van der Waals surface area contributed by atoms with E-state index >= 15 is 0 Å². The minimum Gasteiger partial charge on any atom is -0.328 e. The molecule has 15 heavy (non-hydrogen) atoms. The Bertz CT molecular complexity index is 336. The van der Waals surface area contributed by atoms with Gasteiger partial charge < -0.3 is 5.73 Å². The highest BCUT2D eigenvalue weighted by Gasteiger charge is 2.35. The van der Waals surface area contributed by atoms with Crippen LogP contribution in [-0.2, 0) is 13.5 Å². The van der Waals surface area contributed by atoms with Crippen LogP contribution in [0.1, 0.15) is 31.4 Å². The van der Waals surface area contributed by atoms with E-state index in [0.29, 0.717) is 19.3 Å². The summed E-state index contributed by atoms with van der Waals surface area (Å²) < 4.78 is 16.1. The molecule has 1 aliphatic carbocycles. The summed E-state index contributed by atoms with van der Waals surface area (Å²) in [5.41, 5.74) is 5.50. The van der Waals surface area contributed by atoms with Crippen LogP contribution in [0.2, 0.25) is 0 Å². The lowest BCUT2D eigenvalue weighted by molar-refractivity contribution is 0.0952. The van der Waals surface area contributed by atoms with Gasteiger partial charge in [0.1, 0.15) is 5.67 Å². The van der Waals surface area contributed by atoms with Crippen LogP contribution in [0.5, 0.6) is 0 Å². The maximum Gasteiger partial charge on any atom is 0.118 e. The minimum atomic E-state index is -1.13. The normalized spacial score (nSPS) is 31.8. The number of rotatable bonds is 2. The van der Waals surface area contributed by atoms with Gasteiger partial charge in [0.25, 0.3) is 0 Å². The Kier molecular flexibility index (Phi) is 2.78. The maximum absolute atomic E-state index is 14.4. The molecule has 1 aliphatic rings. The van der Waals surface area contributed by atoms with Gasteiger partial charge in [-0.05, 0) is 31.7 Å². The van der Waals surface area contributed by atoms with Crippen molar-refractivity contribution in [2.45, 2.75) is 43.8 Å². The van der Waals surface area contributed by atoms with Gasteiger partial charge in [-0.1, -0.05) is 0 Å². The molecule has 1 fully saturated rings.